The number of nitrogens with one attached hydrogen (secondary N) is 1. The minimum atomic E-state index is 0.275. The summed E-state index contributed by atoms with van der Waals surface area (Å²) in [7, 11) is 0. The highest BCUT2D eigenvalue weighted by molar-refractivity contribution is 5.78. The van der Waals surface area contributed by atoms with Gasteiger partial charge in [-0.3, -0.25) is 4.79 Å². The van der Waals surface area contributed by atoms with Crippen LogP contribution < -0.4 is 5.32 Å². The van der Waals surface area contributed by atoms with E-state index < -0.39 is 0 Å². The summed E-state index contributed by atoms with van der Waals surface area (Å²) in [5, 5.41) is 3.39. The average molecular weight is 274 g/mol. The second kappa shape index (κ2) is 8.05. The maximum absolute atomic E-state index is 12.5. The summed E-state index contributed by atoms with van der Waals surface area (Å²) in [6, 6.07) is 10.1. The van der Waals surface area contributed by atoms with Crippen LogP contribution in [-0.2, 0) is 11.2 Å². The van der Waals surface area contributed by atoms with E-state index >= 15 is 0 Å². The number of hydrogen-bond donors (Lipinski definition) is 1. The summed E-state index contributed by atoms with van der Waals surface area (Å²) in [6.07, 6.45) is 3.95. The van der Waals surface area contributed by atoms with Crippen molar-refractivity contribution >= 4 is 5.91 Å². The molecule has 1 aromatic carbocycles. The van der Waals surface area contributed by atoms with Crippen LogP contribution >= 0.6 is 0 Å². The molecule has 1 amide bonds. The molecule has 20 heavy (non-hydrogen) atoms. The number of benzene rings is 1. The van der Waals surface area contributed by atoms with E-state index in [4.69, 9.17) is 0 Å². The van der Waals surface area contributed by atoms with Gasteiger partial charge in [0.05, 0.1) is 6.42 Å². The standard InChI is InChI=1S/C17H26N2O/c1-2-12-19(14-16-8-10-18-11-9-16)17(20)13-15-6-4-3-5-7-15/h3-7,16,18H,2,8-14H2,1H3. The molecule has 1 saturated heterocycles. The number of rotatable bonds is 6. The molecule has 0 saturated carbocycles. The average Bonchev–Trinajstić information content (AvgIpc) is 2.49. The van der Waals surface area contributed by atoms with Gasteiger partial charge in [-0.25, -0.2) is 0 Å². The van der Waals surface area contributed by atoms with Crippen molar-refractivity contribution in [3.63, 3.8) is 0 Å². The first kappa shape index (κ1) is 15.0. The second-order valence-electron chi connectivity index (χ2n) is 5.70. The number of carbonyl (C=O) groups is 1. The normalized spacial score (nSPS) is 16.1. The molecule has 0 aliphatic carbocycles. The van der Waals surface area contributed by atoms with Gasteiger partial charge in [0.1, 0.15) is 0 Å². The maximum atomic E-state index is 12.5. The fourth-order valence-electron chi connectivity index (χ4n) is 2.85. The monoisotopic (exact) mass is 274 g/mol. The van der Waals surface area contributed by atoms with E-state index in [1.165, 1.54) is 12.8 Å². The van der Waals surface area contributed by atoms with Crippen LogP contribution in [0.5, 0.6) is 0 Å². The van der Waals surface area contributed by atoms with Crippen molar-refractivity contribution < 1.29 is 4.79 Å². The third-order valence-corrected chi connectivity index (χ3v) is 3.98. The Balaban J connectivity index is 1.90. The Morgan fingerprint density at radius 1 is 1.25 bits per heavy atom. The summed E-state index contributed by atoms with van der Waals surface area (Å²) in [4.78, 5) is 14.6. The minimum Gasteiger partial charge on any atom is -0.342 e. The third-order valence-electron chi connectivity index (χ3n) is 3.98. The van der Waals surface area contributed by atoms with Gasteiger partial charge >= 0.3 is 0 Å². The van der Waals surface area contributed by atoms with Crippen molar-refractivity contribution in [2.45, 2.75) is 32.6 Å². The van der Waals surface area contributed by atoms with Gasteiger partial charge in [0.15, 0.2) is 0 Å². The van der Waals surface area contributed by atoms with Crippen LogP contribution in [0.2, 0.25) is 0 Å². The number of nitrogens with zero attached hydrogens (tertiary/aromatic N) is 1. The van der Waals surface area contributed by atoms with Crippen LogP contribution in [0, 0.1) is 5.92 Å². The van der Waals surface area contributed by atoms with E-state index in [0.717, 1.165) is 38.2 Å². The molecule has 0 spiro atoms. The molecule has 110 valence electrons. The molecule has 1 aliphatic rings. The van der Waals surface area contributed by atoms with Gasteiger partial charge in [0, 0.05) is 13.1 Å². The molecule has 2 rings (SSSR count). The lowest BCUT2D eigenvalue weighted by molar-refractivity contribution is -0.131. The Morgan fingerprint density at radius 2 is 1.95 bits per heavy atom. The highest BCUT2D eigenvalue weighted by Gasteiger charge is 2.20. The highest BCUT2D eigenvalue weighted by Crippen LogP contribution is 2.15. The number of piperidine rings is 1. The molecule has 3 nitrogen and oxygen atoms in total. The van der Waals surface area contributed by atoms with Crippen molar-refractivity contribution in [2.75, 3.05) is 26.2 Å². The second-order valence-corrected chi connectivity index (χ2v) is 5.70. The Bertz CT molecular complexity index is 399. The van der Waals surface area contributed by atoms with Crippen LogP contribution in [-0.4, -0.2) is 37.0 Å². The highest BCUT2D eigenvalue weighted by atomic mass is 16.2. The van der Waals surface area contributed by atoms with Gasteiger partial charge in [0.2, 0.25) is 5.91 Å². The molecule has 0 aromatic heterocycles. The molecular formula is C17H26N2O. The van der Waals surface area contributed by atoms with Crippen molar-refractivity contribution in [1.82, 2.24) is 10.2 Å². The lowest BCUT2D eigenvalue weighted by Crippen LogP contribution is -2.40. The predicted molar refractivity (Wildman–Crippen MR) is 82.6 cm³/mol. The first-order valence-electron chi connectivity index (χ1n) is 7.82. The number of amides is 1. The fourth-order valence-corrected chi connectivity index (χ4v) is 2.85. The Morgan fingerprint density at radius 3 is 2.60 bits per heavy atom. The SMILES string of the molecule is CCCN(CC1CCNCC1)C(=O)Cc1ccccc1. The van der Waals surface area contributed by atoms with E-state index in [0.29, 0.717) is 12.3 Å². The molecule has 1 aliphatic heterocycles. The lowest BCUT2D eigenvalue weighted by atomic mass is 9.97. The van der Waals surface area contributed by atoms with Gasteiger partial charge in [-0.05, 0) is 43.8 Å². The van der Waals surface area contributed by atoms with E-state index in [1.54, 1.807) is 0 Å². The Hall–Kier alpha value is -1.35. The third kappa shape index (κ3) is 4.64. The van der Waals surface area contributed by atoms with Gasteiger partial charge in [-0.2, -0.15) is 0 Å². The van der Waals surface area contributed by atoms with E-state index in [-0.39, 0.29) is 5.91 Å². The van der Waals surface area contributed by atoms with Crippen LogP contribution in [0.3, 0.4) is 0 Å². The van der Waals surface area contributed by atoms with Crippen LogP contribution in [0.4, 0.5) is 0 Å². The molecule has 3 heteroatoms. The molecule has 1 N–H and O–H groups in total. The van der Waals surface area contributed by atoms with E-state index in [1.807, 2.05) is 30.3 Å². The molecule has 1 fully saturated rings. The van der Waals surface area contributed by atoms with Crippen LogP contribution in [0.15, 0.2) is 30.3 Å². The molecule has 1 heterocycles. The van der Waals surface area contributed by atoms with E-state index in [9.17, 15) is 4.79 Å². The zero-order chi connectivity index (χ0) is 14.2. The summed E-state index contributed by atoms with van der Waals surface area (Å²) < 4.78 is 0. The lowest BCUT2D eigenvalue weighted by Gasteiger charge is -2.30. The zero-order valence-electron chi connectivity index (χ0n) is 12.5. The molecule has 0 bridgehead atoms. The molecular weight excluding hydrogens is 248 g/mol. The van der Waals surface area contributed by atoms with Crippen LogP contribution in [0.25, 0.3) is 0 Å². The summed E-state index contributed by atoms with van der Waals surface area (Å²) in [5.41, 5.74) is 1.11. The van der Waals surface area contributed by atoms with Gasteiger partial charge < -0.3 is 10.2 Å². The minimum absolute atomic E-state index is 0.275. The number of hydrogen-bond acceptors (Lipinski definition) is 2. The topological polar surface area (TPSA) is 32.3 Å². The summed E-state index contributed by atoms with van der Waals surface area (Å²) >= 11 is 0. The van der Waals surface area contributed by atoms with E-state index in [2.05, 4.69) is 17.1 Å². The van der Waals surface area contributed by atoms with Gasteiger partial charge in [0.25, 0.3) is 0 Å². The van der Waals surface area contributed by atoms with Crippen LogP contribution in [0.1, 0.15) is 31.7 Å². The summed E-state index contributed by atoms with van der Waals surface area (Å²) in [5.74, 6) is 0.944. The Kier molecular flexibility index (Phi) is 6.06. The summed E-state index contributed by atoms with van der Waals surface area (Å²) in [6.45, 7) is 6.15. The van der Waals surface area contributed by atoms with Crippen molar-refractivity contribution in [3.05, 3.63) is 35.9 Å². The zero-order valence-corrected chi connectivity index (χ0v) is 12.5. The Labute approximate surface area is 122 Å². The quantitative estimate of drug-likeness (QED) is 0.864. The maximum Gasteiger partial charge on any atom is 0.226 e. The molecule has 0 radical (unpaired) electrons. The van der Waals surface area contributed by atoms with Gasteiger partial charge in [-0.1, -0.05) is 37.3 Å². The largest absolute Gasteiger partial charge is 0.342 e. The predicted octanol–water partition coefficient (Wildman–Crippen LogP) is 2.47. The molecule has 0 atom stereocenters. The van der Waals surface area contributed by atoms with Crippen molar-refractivity contribution in [3.8, 4) is 0 Å². The molecule has 1 aromatic rings. The number of carbonyl (C=O) groups excluding carboxylic acids is 1. The fraction of sp³-hybridized carbons (Fsp3) is 0.588. The molecule has 0 unspecified atom stereocenters. The first-order valence-corrected chi connectivity index (χ1v) is 7.82. The smallest absolute Gasteiger partial charge is 0.226 e. The van der Waals surface area contributed by atoms with Crippen molar-refractivity contribution in [2.24, 2.45) is 5.92 Å². The van der Waals surface area contributed by atoms with Gasteiger partial charge in [-0.15, -0.1) is 0 Å². The first-order chi connectivity index (χ1) is 9.79. The van der Waals surface area contributed by atoms with Crippen molar-refractivity contribution in [1.29, 1.82) is 0 Å².